The highest BCUT2D eigenvalue weighted by Crippen LogP contribution is 2.15. The Bertz CT molecular complexity index is 977. The van der Waals surface area contributed by atoms with E-state index in [2.05, 4.69) is 15.3 Å². The maximum absolute atomic E-state index is 13.1. The summed E-state index contributed by atoms with van der Waals surface area (Å²) in [4.78, 5) is 3.66. The second-order valence-electron chi connectivity index (χ2n) is 6.74. The minimum absolute atomic E-state index is 0.206. The standard InChI is InChI=1S/C19H21FN6OS/c1-27-18-8-6-17(7-9-18)26-19(28)25(21-22-26)14-23-10-12-24(13-11-23)16-4-2-15(20)3-5-16/h2-9H,10-14H2,1H3/p+1. The number of nitrogens with zero attached hydrogens (tertiary/aromatic N) is 5. The highest BCUT2D eigenvalue weighted by molar-refractivity contribution is 7.71. The lowest BCUT2D eigenvalue weighted by Crippen LogP contribution is -3.14. The van der Waals surface area contributed by atoms with E-state index in [4.69, 9.17) is 17.0 Å². The molecule has 1 saturated heterocycles. The first kappa shape index (κ1) is 18.6. The van der Waals surface area contributed by atoms with Crippen molar-refractivity contribution in [1.29, 1.82) is 0 Å². The van der Waals surface area contributed by atoms with Gasteiger partial charge in [-0.1, -0.05) is 0 Å². The molecule has 1 aliphatic heterocycles. The molecule has 0 aliphatic carbocycles. The lowest BCUT2D eigenvalue weighted by Gasteiger charge is -2.33. The molecular weight excluding hydrogens is 379 g/mol. The van der Waals surface area contributed by atoms with Gasteiger partial charge in [0, 0.05) is 5.69 Å². The number of hydrogen-bond acceptors (Lipinski definition) is 5. The third-order valence-corrected chi connectivity index (χ3v) is 5.38. The van der Waals surface area contributed by atoms with Crippen LogP contribution in [-0.2, 0) is 6.67 Å². The van der Waals surface area contributed by atoms with Crippen LogP contribution in [0.15, 0.2) is 48.5 Å². The summed E-state index contributed by atoms with van der Waals surface area (Å²) in [6, 6.07) is 14.2. The average molecular weight is 401 g/mol. The molecule has 1 aromatic heterocycles. The van der Waals surface area contributed by atoms with Crippen molar-refractivity contribution < 1.29 is 14.0 Å². The molecule has 7 nitrogen and oxygen atoms in total. The summed E-state index contributed by atoms with van der Waals surface area (Å²) in [6.07, 6.45) is 0. The summed E-state index contributed by atoms with van der Waals surface area (Å²) in [5.41, 5.74) is 1.91. The van der Waals surface area contributed by atoms with Crippen molar-refractivity contribution in [2.24, 2.45) is 0 Å². The summed E-state index contributed by atoms with van der Waals surface area (Å²) < 4.78 is 22.3. The van der Waals surface area contributed by atoms with E-state index in [1.165, 1.54) is 17.0 Å². The first-order valence-corrected chi connectivity index (χ1v) is 9.56. The van der Waals surface area contributed by atoms with E-state index in [9.17, 15) is 4.39 Å². The summed E-state index contributed by atoms with van der Waals surface area (Å²) in [5.74, 6) is 0.577. The highest BCUT2D eigenvalue weighted by atomic mass is 32.1. The summed E-state index contributed by atoms with van der Waals surface area (Å²) >= 11 is 5.56. The zero-order valence-electron chi connectivity index (χ0n) is 15.6. The van der Waals surface area contributed by atoms with Crippen molar-refractivity contribution in [3.63, 3.8) is 0 Å². The number of ether oxygens (including phenoxy) is 1. The summed E-state index contributed by atoms with van der Waals surface area (Å²) in [7, 11) is 1.63. The number of rotatable bonds is 5. The van der Waals surface area contributed by atoms with Gasteiger partial charge in [-0.25, -0.2) is 4.39 Å². The molecule has 2 heterocycles. The molecule has 2 aromatic carbocycles. The van der Waals surface area contributed by atoms with Crippen LogP contribution in [0.25, 0.3) is 5.69 Å². The predicted molar refractivity (Wildman–Crippen MR) is 106 cm³/mol. The maximum atomic E-state index is 13.1. The molecule has 0 amide bonds. The molecule has 3 aromatic rings. The SMILES string of the molecule is COc1ccc(-n2nnn(C[NH+]3CCN(c4ccc(F)cc4)CC3)c2=S)cc1. The van der Waals surface area contributed by atoms with Crippen LogP contribution < -0.4 is 14.5 Å². The Kier molecular flexibility index (Phi) is 5.36. The molecule has 146 valence electrons. The third kappa shape index (κ3) is 3.90. The molecule has 0 atom stereocenters. The lowest BCUT2D eigenvalue weighted by molar-refractivity contribution is -0.924. The van der Waals surface area contributed by atoms with E-state index >= 15 is 0 Å². The topological polar surface area (TPSA) is 52.5 Å². The minimum Gasteiger partial charge on any atom is -0.497 e. The van der Waals surface area contributed by atoms with Crippen molar-refractivity contribution in [1.82, 2.24) is 19.8 Å². The fraction of sp³-hybridized carbons (Fsp3) is 0.316. The fourth-order valence-electron chi connectivity index (χ4n) is 3.36. The number of aromatic nitrogens is 4. The van der Waals surface area contributed by atoms with E-state index < -0.39 is 0 Å². The van der Waals surface area contributed by atoms with Crippen LogP contribution >= 0.6 is 12.2 Å². The first-order valence-electron chi connectivity index (χ1n) is 9.15. The minimum atomic E-state index is -0.206. The first-order chi connectivity index (χ1) is 13.6. The van der Waals surface area contributed by atoms with Crippen molar-refractivity contribution in [2.75, 3.05) is 38.2 Å². The van der Waals surface area contributed by atoms with Crippen LogP contribution in [0.4, 0.5) is 10.1 Å². The Morgan fingerprint density at radius 3 is 2.29 bits per heavy atom. The molecule has 0 spiro atoms. The number of anilines is 1. The van der Waals surface area contributed by atoms with Crippen molar-refractivity contribution in [3.8, 4) is 11.4 Å². The molecule has 0 saturated carbocycles. The van der Waals surface area contributed by atoms with E-state index in [0.29, 0.717) is 11.4 Å². The van der Waals surface area contributed by atoms with Crippen molar-refractivity contribution in [2.45, 2.75) is 6.67 Å². The normalized spacial score (nSPS) is 15.0. The number of nitrogens with one attached hydrogen (secondary N) is 1. The van der Waals surface area contributed by atoms with Gasteiger partial charge in [0.25, 0.3) is 0 Å². The molecular formula is C19H22FN6OS+. The van der Waals surface area contributed by atoms with Gasteiger partial charge in [0.05, 0.1) is 39.0 Å². The zero-order valence-corrected chi connectivity index (χ0v) is 16.4. The van der Waals surface area contributed by atoms with Crippen LogP contribution in [0.1, 0.15) is 0 Å². The second kappa shape index (κ2) is 8.07. The Balaban J connectivity index is 1.39. The van der Waals surface area contributed by atoms with Crippen LogP contribution in [-0.4, -0.2) is 53.1 Å². The number of piperazine rings is 1. The highest BCUT2D eigenvalue weighted by Gasteiger charge is 2.21. The van der Waals surface area contributed by atoms with Gasteiger partial charge in [-0.3, -0.25) is 0 Å². The van der Waals surface area contributed by atoms with Gasteiger partial charge < -0.3 is 14.5 Å². The summed E-state index contributed by atoms with van der Waals surface area (Å²) in [6.45, 7) is 4.39. The maximum Gasteiger partial charge on any atom is 0.225 e. The Morgan fingerprint density at radius 2 is 1.64 bits per heavy atom. The molecule has 0 bridgehead atoms. The van der Waals surface area contributed by atoms with Gasteiger partial charge in [-0.15, -0.1) is 0 Å². The van der Waals surface area contributed by atoms with Crippen LogP contribution in [0, 0.1) is 10.6 Å². The van der Waals surface area contributed by atoms with E-state index in [0.717, 1.165) is 43.3 Å². The van der Waals surface area contributed by atoms with Gasteiger partial charge in [0.15, 0.2) is 6.67 Å². The number of quaternary nitrogens is 1. The Hall–Kier alpha value is -2.78. The molecule has 9 heteroatoms. The smallest absolute Gasteiger partial charge is 0.225 e. The molecule has 4 rings (SSSR count). The van der Waals surface area contributed by atoms with Crippen LogP contribution in [0.2, 0.25) is 0 Å². The van der Waals surface area contributed by atoms with Crippen LogP contribution in [0.3, 0.4) is 0 Å². The lowest BCUT2D eigenvalue weighted by atomic mass is 10.2. The van der Waals surface area contributed by atoms with Gasteiger partial charge in [-0.2, -0.15) is 9.36 Å². The predicted octanol–water partition coefficient (Wildman–Crippen LogP) is 1.31. The van der Waals surface area contributed by atoms with Crippen LogP contribution in [0.5, 0.6) is 5.75 Å². The van der Waals surface area contributed by atoms with Crippen molar-refractivity contribution in [3.05, 3.63) is 59.1 Å². The Labute approximate surface area is 167 Å². The molecule has 0 radical (unpaired) electrons. The third-order valence-electron chi connectivity index (χ3n) is 4.99. The molecule has 1 N–H and O–H groups in total. The van der Waals surface area contributed by atoms with E-state index in [1.807, 2.05) is 36.4 Å². The molecule has 1 aliphatic rings. The van der Waals surface area contributed by atoms with Gasteiger partial charge in [0.1, 0.15) is 11.6 Å². The number of hydrogen-bond donors (Lipinski definition) is 1. The fourth-order valence-corrected chi connectivity index (χ4v) is 3.60. The quantitative estimate of drug-likeness (QED) is 0.654. The molecule has 1 fully saturated rings. The number of benzene rings is 2. The number of tetrazole rings is 1. The summed E-state index contributed by atoms with van der Waals surface area (Å²) in [5, 5.41) is 8.44. The van der Waals surface area contributed by atoms with Gasteiger partial charge >= 0.3 is 0 Å². The Morgan fingerprint density at radius 1 is 1.00 bits per heavy atom. The zero-order chi connectivity index (χ0) is 19.5. The van der Waals surface area contributed by atoms with Gasteiger partial charge in [-0.05, 0) is 71.2 Å². The molecule has 0 unspecified atom stereocenters. The largest absolute Gasteiger partial charge is 0.497 e. The van der Waals surface area contributed by atoms with E-state index in [-0.39, 0.29) is 5.82 Å². The molecule has 28 heavy (non-hydrogen) atoms. The number of halogens is 1. The van der Waals surface area contributed by atoms with Crippen molar-refractivity contribution >= 4 is 17.9 Å². The van der Waals surface area contributed by atoms with Gasteiger partial charge in [0.2, 0.25) is 4.77 Å². The second-order valence-corrected chi connectivity index (χ2v) is 7.11. The number of methoxy groups -OCH3 is 1. The monoisotopic (exact) mass is 401 g/mol. The average Bonchev–Trinajstić information content (AvgIpc) is 3.09. The van der Waals surface area contributed by atoms with E-state index in [1.54, 1.807) is 16.5 Å².